The summed E-state index contributed by atoms with van der Waals surface area (Å²) in [5.74, 6) is 0.167. The van der Waals surface area contributed by atoms with Crippen LogP contribution in [0.2, 0.25) is 0 Å². The van der Waals surface area contributed by atoms with E-state index >= 15 is 0 Å². The maximum atomic E-state index is 9.44. The number of allylic oxidation sites excluding steroid dienone is 4. The first kappa shape index (κ1) is 19.3. The molecule has 0 bridgehead atoms. The standard InChI is InChI=1S/C9H11.C3H6O.C2H5/c1-4-5-6-7-8-9(2)3;1-3(2)4;1-2/h1,5-7H,2,8H2,3H3;1-2H3;1H2,2H3/b7-6-;;. The van der Waals surface area contributed by atoms with Gasteiger partial charge in [-0.1, -0.05) is 38.2 Å². The van der Waals surface area contributed by atoms with Gasteiger partial charge < -0.3 is 4.79 Å². The van der Waals surface area contributed by atoms with Crippen molar-refractivity contribution in [2.45, 2.75) is 34.1 Å². The highest BCUT2D eigenvalue weighted by Crippen LogP contribution is 1.95. The summed E-state index contributed by atoms with van der Waals surface area (Å²) in [5.41, 5.74) is 3.55. The predicted octanol–water partition coefficient (Wildman–Crippen LogP) is 4.09. The van der Waals surface area contributed by atoms with Gasteiger partial charge in [-0.25, -0.2) is 0 Å². The second kappa shape index (κ2) is 18.5. The zero-order valence-corrected chi connectivity index (χ0v) is 10.3. The van der Waals surface area contributed by atoms with E-state index in [0.29, 0.717) is 0 Å². The first-order valence-electron chi connectivity index (χ1n) is 4.77. The van der Waals surface area contributed by atoms with E-state index in [4.69, 9.17) is 6.58 Å². The van der Waals surface area contributed by atoms with Gasteiger partial charge in [0.05, 0.1) is 0 Å². The van der Waals surface area contributed by atoms with Crippen LogP contribution in [0, 0.1) is 13.5 Å². The lowest BCUT2D eigenvalue weighted by Crippen LogP contribution is -1.69. The molecule has 84 valence electrons. The number of rotatable bonds is 3. The second-order valence-corrected chi connectivity index (χ2v) is 2.83. The summed E-state index contributed by atoms with van der Waals surface area (Å²) in [4.78, 5) is 9.44. The molecule has 0 aromatic heterocycles. The largest absolute Gasteiger partial charge is 0.300 e. The van der Waals surface area contributed by atoms with Gasteiger partial charge in [0.1, 0.15) is 5.78 Å². The van der Waals surface area contributed by atoms with Crippen LogP contribution in [0.4, 0.5) is 0 Å². The maximum Gasteiger partial charge on any atom is 0.126 e. The molecule has 0 saturated heterocycles. The van der Waals surface area contributed by atoms with Gasteiger partial charge in [0.15, 0.2) is 0 Å². The molecule has 0 heterocycles. The number of hydrogen-bond acceptors (Lipinski definition) is 1. The summed E-state index contributed by atoms with van der Waals surface area (Å²) in [5, 5.41) is 0. The first-order valence-corrected chi connectivity index (χ1v) is 4.77. The molecule has 0 aliphatic carbocycles. The minimum absolute atomic E-state index is 0.167. The van der Waals surface area contributed by atoms with Crippen LogP contribution in [-0.4, -0.2) is 5.78 Å². The van der Waals surface area contributed by atoms with E-state index in [9.17, 15) is 4.79 Å². The predicted molar refractivity (Wildman–Crippen MR) is 68.3 cm³/mol. The lowest BCUT2D eigenvalue weighted by atomic mass is 10.2. The van der Waals surface area contributed by atoms with Crippen LogP contribution >= 0.6 is 0 Å². The van der Waals surface area contributed by atoms with Gasteiger partial charge in [0.25, 0.3) is 0 Å². The normalized spacial score (nSPS) is 7.53. The molecule has 1 nitrogen and oxygen atoms in total. The van der Waals surface area contributed by atoms with Crippen molar-refractivity contribution in [1.29, 1.82) is 0 Å². The van der Waals surface area contributed by atoms with Crippen molar-refractivity contribution in [3.05, 3.63) is 49.6 Å². The molecule has 15 heavy (non-hydrogen) atoms. The fraction of sp³-hybridized carbons (Fsp3) is 0.357. The highest BCUT2D eigenvalue weighted by Gasteiger charge is 1.74. The molecule has 0 aliphatic heterocycles. The number of Topliss-reactive ketones (excluding diaryl/α,β-unsaturated/α-hetero) is 1. The summed E-state index contributed by atoms with van der Waals surface area (Å²) < 4.78 is 0. The maximum absolute atomic E-state index is 9.44. The fourth-order valence-corrected chi connectivity index (χ4v) is 0.393. The molecule has 0 saturated carbocycles. The van der Waals surface area contributed by atoms with Gasteiger partial charge in [-0.2, -0.15) is 0 Å². The molecule has 0 unspecified atom stereocenters. The summed E-state index contributed by atoms with van der Waals surface area (Å²) in [7, 11) is 0. The van der Waals surface area contributed by atoms with Gasteiger partial charge in [0, 0.05) is 0 Å². The van der Waals surface area contributed by atoms with E-state index in [1.807, 2.05) is 19.1 Å². The molecule has 0 rings (SSSR count). The molecule has 0 atom stereocenters. The Hall–Kier alpha value is -1.33. The molecule has 0 spiro atoms. The summed E-state index contributed by atoms with van der Waals surface area (Å²) in [6.07, 6.45) is 6.43. The van der Waals surface area contributed by atoms with Gasteiger partial charge in [-0.3, -0.25) is 0 Å². The molecule has 0 fully saturated rings. The minimum atomic E-state index is 0.167. The number of ketones is 1. The van der Waals surface area contributed by atoms with Crippen molar-refractivity contribution in [3.8, 4) is 0 Å². The van der Waals surface area contributed by atoms with E-state index in [2.05, 4.69) is 19.2 Å². The molecule has 1 heteroatoms. The van der Waals surface area contributed by atoms with E-state index < -0.39 is 0 Å². The quantitative estimate of drug-likeness (QED) is 0.386. The van der Waals surface area contributed by atoms with Crippen LogP contribution in [0.15, 0.2) is 36.1 Å². The average molecular weight is 206 g/mol. The van der Waals surface area contributed by atoms with E-state index in [1.165, 1.54) is 13.8 Å². The molecular weight excluding hydrogens is 184 g/mol. The Balaban J connectivity index is -0.000000202. The van der Waals surface area contributed by atoms with Crippen molar-refractivity contribution >= 4 is 5.78 Å². The highest BCUT2D eigenvalue weighted by molar-refractivity contribution is 5.72. The number of carbonyl (C=O) groups is 1. The van der Waals surface area contributed by atoms with Crippen LogP contribution in [0.3, 0.4) is 0 Å². The SMILES string of the molecule is CC(C)=O.[CH2]C.[CH]=C=C/C=C\CC(=C)C. The van der Waals surface area contributed by atoms with Crippen molar-refractivity contribution in [2.24, 2.45) is 0 Å². The monoisotopic (exact) mass is 206 g/mol. The third-order valence-corrected chi connectivity index (χ3v) is 0.795. The fourth-order valence-electron chi connectivity index (χ4n) is 0.393. The van der Waals surface area contributed by atoms with E-state index in [-0.39, 0.29) is 5.78 Å². The van der Waals surface area contributed by atoms with E-state index in [1.54, 1.807) is 13.0 Å². The molecule has 0 N–H and O–H groups in total. The topological polar surface area (TPSA) is 17.1 Å². The molecule has 0 amide bonds. The highest BCUT2D eigenvalue weighted by atomic mass is 16.1. The number of hydrogen-bond donors (Lipinski definition) is 0. The first-order chi connectivity index (χ1) is 7.00. The molecule has 0 aliphatic rings. The van der Waals surface area contributed by atoms with Crippen LogP contribution in [0.25, 0.3) is 0 Å². The zero-order valence-electron chi connectivity index (χ0n) is 10.3. The van der Waals surface area contributed by atoms with Gasteiger partial charge >= 0.3 is 0 Å². The van der Waals surface area contributed by atoms with Gasteiger partial charge in [-0.05, 0) is 39.8 Å². The summed E-state index contributed by atoms with van der Waals surface area (Å²) in [6.45, 7) is 18.7. The third kappa shape index (κ3) is 66.1. The van der Waals surface area contributed by atoms with Crippen molar-refractivity contribution in [3.63, 3.8) is 0 Å². The molecular formula is C14H22O. The molecule has 2 radical (unpaired) electrons. The Morgan fingerprint density at radius 2 is 1.73 bits per heavy atom. The second-order valence-electron chi connectivity index (χ2n) is 2.83. The zero-order chi connectivity index (χ0) is 12.7. The minimum Gasteiger partial charge on any atom is -0.300 e. The molecule has 0 aromatic rings. The lowest BCUT2D eigenvalue weighted by molar-refractivity contribution is -0.114. The Labute approximate surface area is 94.9 Å². The van der Waals surface area contributed by atoms with Crippen LogP contribution in [0.5, 0.6) is 0 Å². The van der Waals surface area contributed by atoms with Crippen LogP contribution in [0.1, 0.15) is 34.1 Å². The summed E-state index contributed by atoms with van der Waals surface area (Å²) in [6, 6.07) is 0. The van der Waals surface area contributed by atoms with Crippen molar-refractivity contribution in [1.82, 2.24) is 0 Å². The third-order valence-electron chi connectivity index (χ3n) is 0.795. The number of carbonyl (C=O) groups excluding carboxylic acids is 1. The smallest absolute Gasteiger partial charge is 0.126 e. The average Bonchev–Trinajstić information content (AvgIpc) is 2.15. The van der Waals surface area contributed by atoms with Gasteiger partial charge in [0.2, 0.25) is 0 Å². The van der Waals surface area contributed by atoms with Crippen molar-refractivity contribution < 1.29 is 4.79 Å². The summed E-state index contributed by atoms with van der Waals surface area (Å²) >= 11 is 0. The Bertz CT molecular complexity index is 224. The molecule has 0 aromatic carbocycles. The van der Waals surface area contributed by atoms with Gasteiger partial charge in [-0.15, -0.1) is 5.73 Å². The Kier molecular flexibility index (Phi) is 23.7. The van der Waals surface area contributed by atoms with E-state index in [0.717, 1.165) is 12.0 Å². The van der Waals surface area contributed by atoms with Crippen LogP contribution in [-0.2, 0) is 4.79 Å². The Morgan fingerprint density at radius 3 is 2.00 bits per heavy atom. The lowest BCUT2D eigenvalue weighted by Gasteiger charge is -1.85. The van der Waals surface area contributed by atoms with Crippen LogP contribution < -0.4 is 0 Å². The van der Waals surface area contributed by atoms with Crippen molar-refractivity contribution in [2.75, 3.05) is 0 Å². The Morgan fingerprint density at radius 1 is 1.33 bits per heavy atom.